The lowest BCUT2D eigenvalue weighted by Gasteiger charge is -2.32. The number of unbranched alkanes of at least 4 members (excludes halogenated alkanes) is 1. The Kier molecular flexibility index (Phi) is 6.35. The third-order valence-corrected chi connectivity index (χ3v) is 4.73. The maximum Gasteiger partial charge on any atom is 0.0220 e. The zero-order valence-corrected chi connectivity index (χ0v) is 13.5. The van der Waals surface area contributed by atoms with Crippen molar-refractivity contribution >= 4 is 15.9 Å². The molecule has 1 heterocycles. The number of hydrogen-bond donors (Lipinski definition) is 1. The SMILES string of the molecule is CCCCN1CCC(NCc2ccccc2Br)CC1. The van der Waals surface area contributed by atoms with Crippen molar-refractivity contribution in [1.29, 1.82) is 0 Å². The molecule has 1 saturated heterocycles. The molecule has 1 aliphatic rings. The fourth-order valence-electron chi connectivity index (χ4n) is 2.64. The highest BCUT2D eigenvalue weighted by Crippen LogP contribution is 2.17. The first kappa shape index (κ1) is 15.0. The van der Waals surface area contributed by atoms with Crippen molar-refractivity contribution in [2.24, 2.45) is 0 Å². The highest BCUT2D eigenvalue weighted by Gasteiger charge is 2.18. The number of halogens is 1. The molecule has 1 fully saturated rings. The second-order valence-electron chi connectivity index (χ2n) is 5.44. The van der Waals surface area contributed by atoms with E-state index in [1.54, 1.807) is 0 Å². The monoisotopic (exact) mass is 324 g/mol. The minimum atomic E-state index is 0.685. The molecule has 3 heteroatoms. The van der Waals surface area contributed by atoms with E-state index in [1.165, 1.54) is 55.4 Å². The minimum Gasteiger partial charge on any atom is -0.310 e. The number of likely N-dealkylation sites (tertiary alicyclic amines) is 1. The zero-order valence-electron chi connectivity index (χ0n) is 11.9. The fraction of sp³-hybridized carbons (Fsp3) is 0.625. The highest BCUT2D eigenvalue weighted by molar-refractivity contribution is 9.10. The van der Waals surface area contributed by atoms with Gasteiger partial charge in [0.1, 0.15) is 0 Å². The molecule has 1 aliphatic heterocycles. The Morgan fingerprint density at radius 3 is 2.68 bits per heavy atom. The van der Waals surface area contributed by atoms with Crippen LogP contribution >= 0.6 is 15.9 Å². The van der Waals surface area contributed by atoms with Crippen LogP contribution in [0.25, 0.3) is 0 Å². The summed E-state index contributed by atoms with van der Waals surface area (Å²) in [7, 11) is 0. The van der Waals surface area contributed by atoms with Gasteiger partial charge in [-0.05, 0) is 50.5 Å². The highest BCUT2D eigenvalue weighted by atomic mass is 79.9. The van der Waals surface area contributed by atoms with E-state index >= 15 is 0 Å². The van der Waals surface area contributed by atoms with E-state index in [2.05, 4.69) is 57.3 Å². The van der Waals surface area contributed by atoms with Gasteiger partial charge in [0.05, 0.1) is 0 Å². The summed E-state index contributed by atoms with van der Waals surface area (Å²) in [5.74, 6) is 0. The van der Waals surface area contributed by atoms with Gasteiger partial charge >= 0.3 is 0 Å². The summed E-state index contributed by atoms with van der Waals surface area (Å²) >= 11 is 3.61. The summed E-state index contributed by atoms with van der Waals surface area (Å²) < 4.78 is 1.21. The van der Waals surface area contributed by atoms with E-state index in [9.17, 15) is 0 Å². The molecule has 0 unspecified atom stereocenters. The molecule has 2 nitrogen and oxygen atoms in total. The van der Waals surface area contributed by atoms with Crippen molar-refractivity contribution in [3.8, 4) is 0 Å². The molecule has 0 bridgehead atoms. The maximum absolute atomic E-state index is 3.70. The molecule has 0 aliphatic carbocycles. The number of nitrogens with one attached hydrogen (secondary N) is 1. The Balaban J connectivity index is 1.70. The van der Waals surface area contributed by atoms with Gasteiger partial charge in [0.2, 0.25) is 0 Å². The van der Waals surface area contributed by atoms with Crippen LogP contribution in [0.5, 0.6) is 0 Å². The summed E-state index contributed by atoms with van der Waals surface area (Å²) in [6.45, 7) is 7.04. The van der Waals surface area contributed by atoms with Crippen molar-refractivity contribution in [2.75, 3.05) is 19.6 Å². The van der Waals surface area contributed by atoms with Crippen LogP contribution in [-0.2, 0) is 6.54 Å². The largest absolute Gasteiger partial charge is 0.310 e. The normalized spacial score (nSPS) is 17.8. The second kappa shape index (κ2) is 8.03. The maximum atomic E-state index is 3.70. The first-order valence-electron chi connectivity index (χ1n) is 7.48. The van der Waals surface area contributed by atoms with E-state index in [1.807, 2.05) is 0 Å². The van der Waals surface area contributed by atoms with Crippen LogP contribution in [-0.4, -0.2) is 30.6 Å². The third-order valence-electron chi connectivity index (χ3n) is 3.95. The van der Waals surface area contributed by atoms with E-state index in [4.69, 9.17) is 0 Å². The van der Waals surface area contributed by atoms with Gasteiger partial charge in [0.25, 0.3) is 0 Å². The molecule has 2 rings (SSSR count). The Morgan fingerprint density at radius 2 is 2.00 bits per heavy atom. The van der Waals surface area contributed by atoms with Crippen molar-refractivity contribution in [3.05, 3.63) is 34.3 Å². The molecule has 1 N–H and O–H groups in total. The Labute approximate surface area is 125 Å². The summed E-state index contributed by atoms with van der Waals surface area (Å²) in [6, 6.07) is 9.16. The summed E-state index contributed by atoms with van der Waals surface area (Å²) in [4.78, 5) is 2.61. The van der Waals surface area contributed by atoms with Gasteiger partial charge in [-0.3, -0.25) is 0 Å². The van der Waals surface area contributed by atoms with Crippen LogP contribution in [0, 0.1) is 0 Å². The third kappa shape index (κ3) is 4.90. The topological polar surface area (TPSA) is 15.3 Å². The van der Waals surface area contributed by atoms with Crippen LogP contribution in [0.1, 0.15) is 38.2 Å². The van der Waals surface area contributed by atoms with Gasteiger partial charge in [-0.25, -0.2) is 0 Å². The molecule has 1 aromatic carbocycles. The number of piperidine rings is 1. The van der Waals surface area contributed by atoms with Gasteiger partial charge in [0.15, 0.2) is 0 Å². The van der Waals surface area contributed by atoms with Crippen LogP contribution in [0.3, 0.4) is 0 Å². The van der Waals surface area contributed by atoms with Crippen molar-refractivity contribution in [1.82, 2.24) is 10.2 Å². The smallest absolute Gasteiger partial charge is 0.0220 e. The summed E-state index contributed by atoms with van der Waals surface area (Å²) in [6.07, 6.45) is 5.22. The fourth-order valence-corrected chi connectivity index (χ4v) is 3.06. The molecule has 0 amide bonds. The molecule has 106 valence electrons. The van der Waals surface area contributed by atoms with E-state index in [0.29, 0.717) is 6.04 Å². The molecule has 19 heavy (non-hydrogen) atoms. The lowest BCUT2D eigenvalue weighted by molar-refractivity contribution is 0.195. The number of nitrogens with zero attached hydrogens (tertiary/aromatic N) is 1. The average Bonchev–Trinajstić information content (AvgIpc) is 2.45. The quantitative estimate of drug-likeness (QED) is 0.856. The standard InChI is InChI=1S/C16H25BrN2/c1-2-3-10-19-11-8-15(9-12-19)18-13-14-6-4-5-7-16(14)17/h4-7,15,18H,2-3,8-13H2,1H3. The molecule has 1 aromatic rings. The predicted octanol–water partition coefficient (Wildman–Crippen LogP) is 3.80. The Hall–Kier alpha value is -0.380. The van der Waals surface area contributed by atoms with Gasteiger partial charge in [-0.2, -0.15) is 0 Å². The first-order valence-corrected chi connectivity index (χ1v) is 8.28. The van der Waals surface area contributed by atoms with Gasteiger partial charge in [-0.1, -0.05) is 47.5 Å². The van der Waals surface area contributed by atoms with Crippen molar-refractivity contribution in [2.45, 2.75) is 45.2 Å². The second-order valence-corrected chi connectivity index (χ2v) is 6.30. The molecule has 0 aromatic heterocycles. The van der Waals surface area contributed by atoms with E-state index in [0.717, 1.165) is 6.54 Å². The van der Waals surface area contributed by atoms with E-state index < -0.39 is 0 Å². The summed E-state index contributed by atoms with van der Waals surface area (Å²) in [5, 5.41) is 3.70. The molecule has 0 radical (unpaired) electrons. The molecular formula is C16H25BrN2. The predicted molar refractivity (Wildman–Crippen MR) is 85.4 cm³/mol. The van der Waals surface area contributed by atoms with Crippen LogP contribution in [0.4, 0.5) is 0 Å². The Morgan fingerprint density at radius 1 is 1.26 bits per heavy atom. The van der Waals surface area contributed by atoms with Crippen molar-refractivity contribution in [3.63, 3.8) is 0 Å². The number of rotatable bonds is 6. The van der Waals surface area contributed by atoms with Gasteiger partial charge < -0.3 is 10.2 Å². The first-order chi connectivity index (χ1) is 9.29. The zero-order chi connectivity index (χ0) is 13.5. The summed E-state index contributed by atoms with van der Waals surface area (Å²) in [5.41, 5.74) is 1.36. The van der Waals surface area contributed by atoms with Crippen LogP contribution < -0.4 is 5.32 Å². The lowest BCUT2D eigenvalue weighted by atomic mass is 10.0. The number of hydrogen-bond acceptors (Lipinski definition) is 2. The van der Waals surface area contributed by atoms with Gasteiger partial charge in [-0.15, -0.1) is 0 Å². The van der Waals surface area contributed by atoms with Crippen LogP contribution in [0.2, 0.25) is 0 Å². The number of benzene rings is 1. The van der Waals surface area contributed by atoms with Gasteiger partial charge in [0, 0.05) is 17.1 Å². The molecule has 0 spiro atoms. The molecular weight excluding hydrogens is 300 g/mol. The van der Waals surface area contributed by atoms with Crippen LogP contribution in [0.15, 0.2) is 28.7 Å². The van der Waals surface area contributed by atoms with Crippen molar-refractivity contribution < 1.29 is 0 Å². The molecule has 0 saturated carbocycles. The molecule has 0 atom stereocenters. The Bertz CT molecular complexity index is 373. The van der Waals surface area contributed by atoms with E-state index in [-0.39, 0.29) is 0 Å². The lowest BCUT2D eigenvalue weighted by Crippen LogP contribution is -2.42. The average molecular weight is 325 g/mol. The minimum absolute atomic E-state index is 0.685.